The van der Waals surface area contributed by atoms with Gasteiger partial charge in [-0.3, -0.25) is 4.79 Å². The van der Waals surface area contributed by atoms with E-state index in [-0.39, 0.29) is 11.9 Å². The second-order valence-electron chi connectivity index (χ2n) is 6.27. The van der Waals surface area contributed by atoms with Gasteiger partial charge in [-0.1, -0.05) is 30.3 Å². The van der Waals surface area contributed by atoms with Crippen molar-refractivity contribution >= 4 is 23.2 Å². The highest BCUT2D eigenvalue weighted by molar-refractivity contribution is 7.12. The first-order valence-corrected chi connectivity index (χ1v) is 9.31. The lowest BCUT2D eigenvalue weighted by atomic mass is 10.1. The molecule has 0 bridgehead atoms. The molecule has 6 heteroatoms. The topological polar surface area (TPSA) is 72.6 Å². The maximum atomic E-state index is 12.6. The monoisotopic (exact) mass is 370 g/mol. The molecule has 1 amide bonds. The summed E-state index contributed by atoms with van der Waals surface area (Å²) in [6.45, 7) is 1.27. The third-order valence-corrected chi connectivity index (χ3v) is 5.51. The average molecular weight is 370 g/mol. The highest BCUT2D eigenvalue weighted by Crippen LogP contribution is 2.24. The average Bonchev–Trinajstić information content (AvgIpc) is 3.27. The Morgan fingerprint density at radius 2 is 1.85 bits per heavy atom. The van der Waals surface area contributed by atoms with E-state index in [9.17, 15) is 9.59 Å². The Bertz CT molecular complexity index is 803. The number of ether oxygens (including phenoxy) is 1. The van der Waals surface area contributed by atoms with Crippen LogP contribution >= 0.6 is 11.3 Å². The maximum Gasteiger partial charge on any atom is 0.330 e. The van der Waals surface area contributed by atoms with Crippen LogP contribution in [0.5, 0.6) is 0 Å². The van der Waals surface area contributed by atoms with Gasteiger partial charge >= 0.3 is 5.97 Å². The number of carbonyl (C=O) groups is 2. The summed E-state index contributed by atoms with van der Waals surface area (Å²) in [5.74, 6) is -0.372. The number of fused-ring (bicyclic) bond motifs is 1. The van der Waals surface area contributed by atoms with Crippen molar-refractivity contribution in [2.75, 3.05) is 7.11 Å². The lowest BCUT2D eigenvalue weighted by Gasteiger charge is -2.20. The third-order valence-electron chi connectivity index (χ3n) is 4.38. The van der Waals surface area contributed by atoms with Gasteiger partial charge in [-0.25, -0.2) is 4.79 Å². The number of rotatable bonds is 6. The van der Waals surface area contributed by atoms with E-state index in [0.717, 1.165) is 9.75 Å². The van der Waals surface area contributed by atoms with Gasteiger partial charge in [0.1, 0.15) is 0 Å². The molecule has 26 heavy (non-hydrogen) atoms. The van der Waals surface area contributed by atoms with Crippen molar-refractivity contribution in [1.82, 2.24) is 4.90 Å². The first-order valence-electron chi connectivity index (χ1n) is 8.50. The molecule has 2 heterocycles. The quantitative estimate of drug-likeness (QED) is 0.626. The van der Waals surface area contributed by atoms with Gasteiger partial charge in [0.15, 0.2) is 0 Å². The Morgan fingerprint density at radius 3 is 2.50 bits per heavy atom. The molecule has 1 aromatic heterocycles. The van der Waals surface area contributed by atoms with E-state index < -0.39 is 6.04 Å². The van der Waals surface area contributed by atoms with Crippen molar-refractivity contribution in [2.45, 2.75) is 32.0 Å². The van der Waals surface area contributed by atoms with Crippen LogP contribution in [0.2, 0.25) is 0 Å². The minimum absolute atomic E-state index is 0.0123. The molecule has 136 valence electrons. The molecule has 1 aromatic carbocycles. The fraction of sp³-hybridized carbons (Fsp3) is 0.300. The maximum absolute atomic E-state index is 12.6. The van der Waals surface area contributed by atoms with Gasteiger partial charge in [-0.2, -0.15) is 0 Å². The standard InChI is InChI=1S/C20H22N2O3S/c1-25-19(23)8-4-7-16-9-10-17(26-16)11-18(21)20(24)22-12-14-5-2-3-6-15(14)13-22/h2-6,8-10,18H,7,11-13,21H2,1H3/t18-/m1/s1. The summed E-state index contributed by atoms with van der Waals surface area (Å²) in [6.07, 6.45) is 4.37. The van der Waals surface area contributed by atoms with Gasteiger partial charge in [0, 0.05) is 41.8 Å². The molecule has 1 aliphatic heterocycles. The number of benzene rings is 1. The predicted molar refractivity (Wildman–Crippen MR) is 102 cm³/mol. The second-order valence-corrected chi connectivity index (χ2v) is 7.52. The minimum Gasteiger partial charge on any atom is -0.466 e. The summed E-state index contributed by atoms with van der Waals surface area (Å²) >= 11 is 1.61. The van der Waals surface area contributed by atoms with Crippen LogP contribution in [0.1, 0.15) is 20.9 Å². The Labute approximate surface area is 157 Å². The number of hydrogen-bond acceptors (Lipinski definition) is 5. The fourth-order valence-electron chi connectivity index (χ4n) is 3.01. The Hall–Kier alpha value is -2.44. The molecule has 5 nitrogen and oxygen atoms in total. The van der Waals surface area contributed by atoms with E-state index in [4.69, 9.17) is 5.73 Å². The van der Waals surface area contributed by atoms with Crippen LogP contribution in [0, 0.1) is 0 Å². The van der Waals surface area contributed by atoms with Crippen molar-refractivity contribution in [1.29, 1.82) is 0 Å². The summed E-state index contributed by atoms with van der Waals surface area (Å²) in [7, 11) is 1.35. The molecular weight excluding hydrogens is 348 g/mol. The fourth-order valence-corrected chi connectivity index (χ4v) is 4.06. The molecule has 0 radical (unpaired) electrons. The molecule has 0 unspecified atom stereocenters. The van der Waals surface area contributed by atoms with Gasteiger partial charge in [-0.15, -0.1) is 11.3 Å². The number of methoxy groups -OCH3 is 1. The van der Waals surface area contributed by atoms with Crippen LogP contribution in [-0.4, -0.2) is 29.9 Å². The van der Waals surface area contributed by atoms with E-state index in [1.54, 1.807) is 17.4 Å². The summed E-state index contributed by atoms with van der Waals surface area (Å²) in [6, 6.07) is 11.6. The van der Waals surface area contributed by atoms with E-state index >= 15 is 0 Å². The van der Waals surface area contributed by atoms with Crippen LogP contribution in [0.3, 0.4) is 0 Å². The minimum atomic E-state index is -0.540. The van der Waals surface area contributed by atoms with Gasteiger partial charge in [0.2, 0.25) is 5.91 Å². The summed E-state index contributed by atoms with van der Waals surface area (Å²) in [5, 5.41) is 0. The van der Waals surface area contributed by atoms with Crippen molar-refractivity contribution < 1.29 is 14.3 Å². The van der Waals surface area contributed by atoms with Crippen LogP contribution in [0.25, 0.3) is 0 Å². The molecule has 0 fully saturated rings. The lowest BCUT2D eigenvalue weighted by molar-refractivity contribution is -0.135. The zero-order valence-corrected chi connectivity index (χ0v) is 15.5. The van der Waals surface area contributed by atoms with E-state index in [2.05, 4.69) is 16.9 Å². The van der Waals surface area contributed by atoms with Crippen molar-refractivity contribution in [3.63, 3.8) is 0 Å². The van der Waals surface area contributed by atoms with Gasteiger partial charge in [0.25, 0.3) is 0 Å². The third kappa shape index (κ3) is 4.39. The van der Waals surface area contributed by atoms with Crippen LogP contribution in [0.15, 0.2) is 48.6 Å². The molecule has 2 aromatic rings. The van der Waals surface area contributed by atoms with Gasteiger partial charge < -0.3 is 15.4 Å². The molecule has 1 aliphatic rings. The number of esters is 1. The normalized spacial score (nSPS) is 14.5. The largest absolute Gasteiger partial charge is 0.466 e. The van der Waals surface area contributed by atoms with Crippen molar-refractivity contribution in [2.24, 2.45) is 5.73 Å². The number of thiophene rings is 1. The van der Waals surface area contributed by atoms with Gasteiger partial charge in [-0.05, 0) is 23.3 Å². The van der Waals surface area contributed by atoms with Gasteiger partial charge in [0.05, 0.1) is 13.2 Å². The zero-order chi connectivity index (χ0) is 18.5. The molecule has 0 spiro atoms. The molecule has 3 rings (SSSR count). The number of nitrogens with two attached hydrogens (primary N) is 1. The van der Waals surface area contributed by atoms with E-state index in [0.29, 0.717) is 25.9 Å². The first kappa shape index (κ1) is 18.4. The van der Waals surface area contributed by atoms with Crippen molar-refractivity contribution in [3.05, 3.63) is 69.4 Å². The summed E-state index contributed by atoms with van der Waals surface area (Å²) < 4.78 is 4.56. The zero-order valence-electron chi connectivity index (χ0n) is 14.7. The number of carbonyl (C=O) groups excluding carboxylic acids is 2. The smallest absolute Gasteiger partial charge is 0.330 e. The van der Waals surface area contributed by atoms with E-state index in [1.165, 1.54) is 24.3 Å². The van der Waals surface area contributed by atoms with Crippen molar-refractivity contribution in [3.8, 4) is 0 Å². The Kier molecular flexibility index (Phi) is 5.85. The molecule has 0 aliphatic carbocycles. The highest BCUT2D eigenvalue weighted by Gasteiger charge is 2.27. The lowest BCUT2D eigenvalue weighted by Crippen LogP contribution is -2.42. The summed E-state index contributed by atoms with van der Waals surface area (Å²) in [4.78, 5) is 27.7. The Morgan fingerprint density at radius 1 is 1.19 bits per heavy atom. The second kappa shape index (κ2) is 8.29. The first-order chi connectivity index (χ1) is 12.6. The van der Waals surface area contributed by atoms with Crippen LogP contribution < -0.4 is 5.73 Å². The molecule has 2 N–H and O–H groups in total. The predicted octanol–water partition coefficient (Wildman–Crippen LogP) is 2.43. The van der Waals surface area contributed by atoms with Crippen LogP contribution in [0.4, 0.5) is 0 Å². The molecular formula is C20H22N2O3S. The number of nitrogens with zero attached hydrogens (tertiary/aromatic N) is 1. The summed E-state index contributed by atoms with van der Waals surface area (Å²) in [5.41, 5.74) is 8.57. The number of allylic oxidation sites excluding steroid dienone is 1. The SMILES string of the molecule is COC(=O)C=CCc1ccc(C[C@@H](N)C(=O)N2Cc3ccccc3C2)s1. The Balaban J connectivity index is 1.54. The molecule has 1 atom stereocenters. The molecule has 0 saturated carbocycles. The number of amides is 1. The van der Waals surface area contributed by atoms with E-state index in [1.807, 2.05) is 29.2 Å². The highest BCUT2D eigenvalue weighted by atomic mass is 32.1. The number of hydrogen-bond donors (Lipinski definition) is 1. The molecule has 0 saturated heterocycles. The van der Waals surface area contributed by atoms with Crippen LogP contribution in [-0.2, 0) is 40.3 Å².